The number of aromatic nitrogens is 3. The molecule has 120 valence electrons. The van der Waals surface area contributed by atoms with E-state index in [2.05, 4.69) is 20.0 Å². The molecule has 0 N–H and O–H groups in total. The second-order valence-electron chi connectivity index (χ2n) is 5.34. The maximum absolute atomic E-state index is 5.85. The maximum Gasteiger partial charge on any atom is 0.270 e. The second-order valence-corrected chi connectivity index (χ2v) is 6.19. The second kappa shape index (κ2) is 6.89. The smallest absolute Gasteiger partial charge is 0.270 e. The fourth-order valence-corrected chi connectivity index (χ4v) is 2.77. The van der Waals surface area contributed by atoms with Crippen LogP contribution in [-0.2, 0) is 0 Å². The van der Waals surface area contributed by atoms with E-state index < -0.39 is 0 Å². The standard InChI is InChI=1S/C16H18N4O2S/c1-11-14(23-10-17-11)16-18-15(19-22-16)12-6-4-5-7-13(12)21-9-8-20(2)3/h4-7,10H,8-9H2,1-3H3. The highest BCUT2D eigenvalue weighted by molar-refractivity contribution is 7.13. The summed E-state index contributed by atoms with van der Waals surface area (Å²) in [7, 11) is 4.02. The molecule has 0 saturated carbocycles. The summed E-state index contributed by atoms with van der Waals surface area (Å²) in [6, 6.07) is 7.71. The number of ether oxygens (including phenoxy) is 1. The summed E-state index contributed by atoms with van der Waals surface area (Å²) < 4.78 is 11.2. The molecule has 0 fully saturated rings. The van der Waals surface area contributed by atoms with Crippen LogP contribution in [0.25, 0.3) is 22.2 Å². The molecule has 0 bridgehead atoms. The highest BCUT2D eigenvalue weighted by Crippen LogP contribution is 2.31. The topological polar surface area (TPSA) is 64.3 Å². The Balaban J connectivity index is 1.85. The van der Waals surface area contributed by atoms with Gasteiger partial charge in [-0.2, -0.15) is 4.98 Å². The zero-order valence-corrected chi connectivity index (χ0v) is 14.1. The minimum atomic E-state index is 0.489. The van der Waals surface area contributed by atoms with E-state index in [0.717, 1.165) is 28.4 Å². The van der Waals surface area contributed by atoms with E-state index in [1.165, 1.54) is 11.3 Å². The Bertz CT molecular complexity index is 782. The molecule has 0 aliphatic rings. The van der Waals surface area contributed by atoms with E-state index in [-0.39, 0.29) is 0 Å². The molecular formula is C16H18N4O2S. The number of aryl methyl sites for hydroxylation is 1. The molecule has 0 amide bonds. The van der Waals surface area contributed by atoms with Crippen LogP contribution in [-0.4, -0.2) is 47.3 Å². The third-order valence-electron chi connectivity index (χ3n) is 3.29. The number of nitrogens with zero attached hydrogens (tertiary/aromatic N) is 4. The van der Waals surface area contributed by atoms with Crippen LogP contribution < -0.4 is 4.74 Å². The number of hydrogen-bond donors (Lipinski definition) is 0. The van der Waals surface area contributed by atoms with Crippen molar-refractivity contribution in [2.24, 2.45) is 0 Å². The van der Waals surface area contributed by atoms with Crippen molar-refractivity contribution in [1.29, 1.82) is 0 Å². The molecule has 0 aliphatic heterocycles. The highest BCUT2D eigenvalue weighted by atomic mass is 32.1. The van der Waals surface area contributed by atoms with Gasteiger partial charge < -0.3 is 14.2 Å². The van der Waals surface area contributed by atoms with E-state index >= 15 is 0 Å². The SMILES string of the molecule is Cc1ncsc1-c1nc(-c2ccccc2OCCN(C)C)no1. The molecule has 2 heterocycles. The van der Waals surface area contributed by atoms with Gasteiger partial charge in [0.15, 0.2) is 0 Å². The first-order valence-electron chi connectivity index (χ1n) is 7.26. The lowest BCUT2D eigenvalue weighted by molar-refractivity contribution is 0.262. The van der Waals surface area contributed by atoms with Crippen molar-refractivity contribution in [1.82, 2.24) is 20.0 Å². The van der Waals surface area contributed by atoms with Gasteiger partial charge in [-0.1, -0.05) is 17.3 Å². The zero-order valence-electron chi connectivity index (χ0n) is 13.3. The van der Waals surface area contributed by atoms with Crippen LogP contribution in [0.3, 0.4) is 0 Å². The summed E-state index contributed by atoms with van der Waals surface area (Å²) in [5.74, 6) is 1.76. The fraction of sp³-hybridized carbons (Fsp3) is 0.312. The van der Waals surface area contributed by atoms with Crippen molar-refractivity contribution in [3.63, 3.8) is 0 Å². The van der Waals surface area contributed by atoms with Gasteiger partial charge in [0.25, 0.3) is 5.89 Å². The van der Waals surface area contributed by atoms with E-state index in [4.69, 9.17) is 9.26 Å². The lowest BCUT2D eigenvalue weighted by atomic mass is 10.2. The molecule has 3 rings (SSSR count). The fourth-order valence-electron chi connectivity index (χ4n) is 2.05. The van der Waals surface area contributed by atoms with Crippen LogP contribution in [0.5, 0.6) is 5.75 Å². The number of para-hydroxylation sites is 1. The molecule has 0 unspecified atom stereocenters. The third kappa shape index (κ3) is 3.57. The largest absolute Gasteiger partial charge is 0.491 e. The van der Waals surface area contributed by atoms with Gasteiger partial charge in [0, 0.05) is 6.54 Å². The lowest BCUT2D eigenvalue weighted by Gasteiger charge is -2.12. The van der Waals surface area contributed by atoms with Gasteiger partial charge in [0.1, 0.15) is 17.2 Å². The van der Waals surface area contributed by atoms with E-state index in [9.17, 15) is 0 Å². The van der Waals surface area contributed by atoms with Crippen molar-refractivity contribution in [3.8, 4) is 27.9 Å². The summed E-state index contributed by atoms with van der Waals surface area (Å²) in [5, 5.41) is 4.09. The van der Waals surface area contributed by atoms with E-state index in [1.807, 2.05) is 45.3 Å². The molecule has 0 radical (unpaired) electrons. The van der Waals surface area contributed by atoms with Crippen LogP contribution >= 0.6 is 11.3 Å². The first-order chi connectivity index (χ1) is 11.1. The summed E-state index contributed by atoms with van der Waals surface area (Å²) >= 11 is 1.49. The van der Waals surface area contributed by atoms with Gasteiger partial charge in [-0.15, -0.1) is 11.3 Å². The minimum absolute atomic E-state index is 0.489. The van der Waals surface area contributed by atoms with Gasteiger partial charge in [-0.25, -0.2) is 4.98 Å². The molecule has 0 spiro atoms. The van der Waals surface area contributed by atoms with Crippen LogP contribution in [0.2, 0.25) is 0 Å². The van der Waals surface area contributed by atoms with Crippen LogP contribution in [0.15, 0.2) is 34.3 Å². The van der Waals surface area contributed by atoms with Crippen molar-refractivity contribution in [2.45, 2.75) is 6.92 Å². The number of thiazole rings is 1. The molecule has 7 heteroatoms. The van der Waals surface area contributed by atoms with Gasteiger partial charge in [-0.3, -0.25) is 0 Å². The number of likely N-dealkylation sites (N-methyl/N-ethyl adjacent to an activating group) is 1. The normalized spacial score (nSPS) is 11.1. The highest BCUT2D eigenvalue weighted by Gasteiger charge is 2.17. The monoisotopic (exact) mass is 330 g/mol. The molecule has 6 nitrogen and oxygen atoms in total. The van der Waals surface area contributed by atoms with Crippen molar-refractivity contribution < 1.29 is 9.26 Å². The molecule has 23 heavy (non-hydrogen) atoms. The van der Waals surface area contributed by atoms with Crippen molar-refractivity contribution in [3.05, 3.63) is 35.5 Å². The predicted octanol–water partition coefficient (Wildman–Crippen LogP) is 3.11. The van der Waals surface area contributed by atoms with Gasteiger partial charge in [0.05, 0.1) is 16.8 Å². The maximum atomic E-state index is 5.85. The molecule has 2 aromatic heterocycles. The zero-order chi connectivity index (χ0) is 16.2. The Kier molecular flexibility index (Phi) is 4.68. The Morgan fingerprint density at radius 2 is 2.09 bits per heavy atom. The number of hydrogen-bond acceptors (Lipinski definition) is 7. The number of rotatable bonds is 6. The molecule has 0 aliphatic carbocycles. The van der Waals surface area contributed by atoms with Crippen molar-refractivity contribution >= 4 is 11.3 Å². The molecule has 0 saturated heterocycles. The Morgan fingerprint density at radius 3 is 2.83 bits per heavy atom. The summed E-state index contributed by atoms with van der Waals surface area (Å²) in [6.45, 7) is 3.36. The summed E-state index contributed by atoms with van der Waals surface area (Å²) in [4.78, 5) is 11.7. The van der Waals surface area contributed by atoms with E-state index in [1.54, 1.807) is 5.51 Å². The summed E-state index contributed by atoms with van der Waals surface area (Å²) in [5.41, 5.74) is 3.48. The van der Waals surface area contributed by atoms with E-state index in [0.29, 0.717) is 18.3 Å². The van der Waals surface area contributed by atoms with Gasteiger partial charge in [-0.05, 0) is 33.2 Å². The molecule has 1 aromatic carbocycles. The van der Waals surface area contributed by atoms with Crippen molar-refractivity contribution in [2.75, 3.05) is 27.2 Å². The molecule has 0 atom stereocenters. The first-order valence-corrected chi connectivity index (χ1v) is 8.14. The summed E-state index contributed by atoms with van der Waals surface area (Å²) in [6.07, 6.45) is 0. The Labute approximate surface area is 138 Å². The lowest BCUT2D eigenvalue weighted by Crippen LogP contribution is -2.19. The number of benzene rings is 1. The minimum Gasteiger partial charge on any atom is -0.491 e. The third-order valence-corrected chi connectivity index (χ3v) is 4.21. The molecule has 3 aromatic rings. The van der Waals surface area contributed by atoms with Crippen LogP contribution in [0, 0.1) is 6.92 Å². The Hall–Kier alpha value is -2.25. The van der Waals surface area contributed by atoms with Crippen LogP contribution in [0.1, 0.15) is 5.69 Å². The Morgan fingerprint density at radius 1 is 1.26 bits per heavy atom. The van der Waals surface area contributed by atoms with Gasteiger partial charge in [0.2, 0.25) is 5.82 Å². The average molecular weight is 330 g/mol. The van der Waals surface area contributed by atoms with Gasteiger partial charge >= 0.3 is 0 Å². The first kappa shape index (κ1) is 15.6. The van der Waals surface area contributed by atoms with Crippen LogP contribution in [0.4, 0.5) is 0 Å². The quantitative estimate of drug-likeness (QED) is 0.692. The molecular weight excluding hydrogens is 312 g/mol. The predicted molar refractivity (Wildman–Crippen MR) is 89.6 cm³/mol. The average Bonchev–Trinajstić information content (AvgIpc) is 3.16.